The standard InChI is InChI=1S/C16H26N5O4/c1-4-24-10-7-21-12(11-20-5-8-25-9-6-20)17-14-13(21)15(22)19(3)16(23)18(14)2/h13H,4-11H2,1-3H3/q+1. The second kappa shape index (κ2) is 7.59. The van der Waals surface area contributed by atoms with Crippen LogP contribution in [0.3, 0.4) is 0 Å². The molecule has 0 radical (unpaired) electrons. The second-order valence-electron chi connectivity index (χ2n) is 6.31. The van der Waals surface area contributed by atoms with Gasteiger partial charge in [0.25, 0.3) is 17.8 Å². The lowest BCUT2D eigenvalue weighted by molar-refractivity contribution is -0.539. The number of hydrogen-bond acceptors (Lipinski definition) is 6. The summed E-state index contributed by atoms with van der Waals surface area (Å²) in [5.74, 6) is 1.08. The summed E-state index contributed by atoms with van der Waals surface area (Å²) in [6.07, 6.45) is 0. The van der Waals surface area contributed by atoms with E-state index in [9.17, 15) is 9.59 Å². The number of aliphatic imine (C=N–C) groups is 1. The van der Waals surface area contributed by atoms with Crippen LogP contribution in [0.5, 0.6) is 0 Å². The summed E-state index contributed by atoms with van der Waals surface area (Å²) in [7, 11) is 3.17. The van der Waals surface area contributed by atoms with Crippen LogP contribution >= 0.6 is 0 Å². The Morgan fingerprint density at radius 1 is 1.24 bits per heavy atom. The van der Waals surface area contributed by atoms with Gasteiger partial charge in [-0.25, -0.2) is 9.37 Å². The number of imide groups is 1. The molecule has 25 heavy (non-hydrogen) atoms. The molecule has 3 rings (SSSR count). The molecule has 0 aromatic rings. The van der Waals surface area contributed by atoms with Crippen LogP contribution in [-0.4, -0.2) is 116 Å². The zero-order valence-corrected chi connectivity index (χ0v) is 15.1. The first-order chi connectivity index (χ1) is 12.0. The summed E-state index contributed by atoms with van der Waals surface area (Å²) in [4.78, 5) is 34.5. The Kier molecular flexibility index (Phi) is 5.45. The summed E-state index contributed by atoms with van der Waals surface area (Å²) in [5, 5.41) is 0. The minimum Gasteiger partial charge on any atom is -0.379 e. The van der Waals surface area contributed by atoms with Crippen molar-refractivity contribution in [2.75, 3.05) is 66.7 Å². The molecule has 2 saturated heterocycles. The van der Waals surface area contributed by atoms with Crippen molar-refractivity contribution in [3.8, 4) is 0 Å². The van der Waals surface area contributed by atoms with Crippen LogP contribution in [0.4, 0.5) is 4.79 Å². The average Bonchev–Trinajstić information content (AvgIpc) is 2.98. The van der Waals surface area contributed by atoms with Crippen LogP contribution in [0.2, 0.25) is 0 Å². The Hall–Kier alpha value is -1.84. The molecule has 0 spiro atoms. The minimum absolute atomic E-state index is 0.240. The molecule has 1 unspecified atom stereocenters. The van der Waals surface area contributed by atoms with Gasteiger partial charge in [0.05, 0.1) is 19.8 Å². The first-order valence-corrected chi connectivity index (χ1v) is 8.68. The first kappa shape index (κ1) is 18.0. The van der Waals surface area contributed by atoms with E-state index in [4.69, 9.17) is 9.47 Å². The van der Waals surface area contributed by atoms with Crippen molar-refractivity contribution in [1.29, 1.82) is 0 Å². The lowest BCUT2D eigenvalue weighted by Crippen LogP contribution is -2.61. The molecule has 138 valence electrons. The number of urea groups is 1. The predicted octanol–water partition coefficient (Wildman–Crippen LogP) is -0.929. The third-order valence-corrected chi connectivity index (χ3v) is 4.76. The number of rotatable bonds is 6. The highest BCUT2D eigenvalue weighted by molar-refractivity contribution is 6.23. The number of amidine groups is 2. The zero-order chi connectivity index (χ0) is 18.0. The molecule has 1 atom stereocenters. The van der Waals surface area contributed by atoms with E-state index < -0.39 is 6.04 Å². The highest BCUT2D eigenvalue weighted by Gasteiger charge is 2.52. The number of carbonyl (C=O) groups is 2. The van der Waals surface area contributed by atoms with Crippen LogP contribution in [-0.2, 0) is 14.3 Å². The molecule has 0 bridgehead atoms. The third-order valence-electron chi connectivity index (χ3n) is 4.76. The highest BCUT2D eigenvalue weighted by atomic mass is 16.5. The number of carbonyl (C=O) groups excluding carboxylic acids is 2. The van der Waals surface area contributed by atoms with Gasteiger partial charge >= 0.3 is 11.9 Å². The van der Waals surface area contributed by atoms with Gasteiger partial charge in [-0.2, -0.15) is 0 Å². The van der Waals surface area contributed by atoms with E-state index >= 15 is 0 Å². The maximum atomic E-state index is 12.7. The lowest BCUT2D eigenvalue weighted by Gasteiger charge is -2.30. The minimum atomic E-state index is -0.552. The van der Waals surface area contributed by atoms with Crippen molar-refractivity contribution >= 4 is 23.6 Å². The van der Waals surface area contributed by atoms with Crippen molar-refractivity contribution in [2.45, 2.75) is 13.0 Å². The number of hydrogen-bond donors (Lipinski definition) is 0. The van der Waals surface area contributed by atoms with E-state index in [-0.39, 0.29) is 11.9 Å². The molecule has 0 N–H and O–H groups in total. The van der Waals surface area contributed by atoms with E-state index in [1.807, 2.05) is 11.5 Å². The van der Waals surface area contributed by atoms with Crippen LogP contribution in [0.15, 0.2) is 4.99 Å². The molecule has 9 nitrogen and oxygen atoms in total. The summed E-state index contributed by atoms with van der Waals surface area (Å²) in [6, 6.07) is -0.901. The number of ether oxygens (including phenoxy) is 2. The average molecular weight is 352 g/mol. The van der Waals surface area contributed by atoms with Gasteiger partial charge in [0.15, 0.2) is 0 Å². The van der Waals surface area contributed by atoms with Crippen LogP contribution in [0.1, 0.15) is 6.92 Å². The molecule has 0 aromatic heterocycles. The molecular formula is C16H26N5O4+. The van der Waals surface area contributed by atoms with Gasteiger partial charge < -0.3 is 9.47 Å². The van der Waals surface area contributed by atoms with Gasteiger partial charge in [0.2, 0.25) is 0 Å². The maximum Gasteiger partial charge on any atom is 0.333 e. The summed E-state index contributed by atoms with van der Waals surface area (Å²) >= 11 is 0. The van der Waals surface area contributed by atoms with Crippen molar-refractivity contribution in [3.63, 3.8) is 0 Å². The van der Waals surface area contributed by atoms with E-state index in [1.165, 1.54) is 11.9 Å². The van der Waals surface area contributed by atoms with Gasteiger partial charge in [-0.05, 0) is 11.9 Å². The SMILES string of the molecule is CCOCC[N+]1=C(CN2CCOCC2)N=C2C1C(=O)N(C)C(=O)N2C. The Labute approximate surface area is 147 Å². The topological polar surface area (TPSA) is 77.7 Å². The maximum absolute atomic E-state index is 12.7. The smallest absolute Gasteiger partial charge is 0.333 e. The first-order valence-electron chi connectivity index (χ1n) is 8.68. The van der Waals surface area contributed by atoms with Crippen molar-refractivity contribution < 1.29 is 23.6 Å². The molecule has 3 aliphatic heterocycles. The van der Waals surface area contributed by atoms with E-state index in [2.05, 4.69) is 9.89 Å². The number of morpholine rings is 1. The molecule has 0 saturated carbocycles. The van der Waals surface area contributed by atoms with Crippen molar-refractivity contribution in [1.82, 2.24) is 14.7 Å². The fourth-order valence-electron chi connectivity index (χ4n) is 3.30. The van der Waals surface area contributed by atoms with Gasteiger partial charge in [-0.1, -0.05) is 0 Å². The van der Waals surface area contributed by atoms with E-state index in [0.717, 1.165) is 23.8 Å². The number of amides is 3. The van der Waals surface area contributed by atoms with Gasteiger partial charge in [-0.3, -0.25) is 19.5 Å². The monoisotopic (exact) mass is 352 g/mol. The van der Waals surface area contributed by atoms with E-state index in [1.54, 1.807) is 7.05 Å². The molecule has 9 heteroatoms. The normalized spacial score (nSPS) is 24.9. The Morgan fingerprint density at radius 2 is 1.96 bits per heavy atom. The molecule has 2 fully saturated rings. The Bertz CT molecular complexity index is 612. The largest absolute Gasteiger partial charge is 0.379 e. The Morgan fingerprint density at radius 3 is 2.64 bits per heavy atom. The van der Waals surface area contributed by atoms with E-state index in [0.29, 0.717) is 45.4 Å². The molecule has 0 aromatic carbocycles. The third kappa shape index (κ3) is 3.44. The van der Waals surface area contributed by atoms with Gasteiger partial charge in [-0.15, -0.1) is 0 Å². The molecule has 3 heterocycles. The van der Waals surface area contributed by atoms with Crippen LogP contribution in [0, 0.1) is 0 Å². The Balaban J connectivity index is 1.87. The second-order valence-corrected chi connectivity index (χ2v) is 6.31. The fourth-order valence-corrected chi connectivity index (χ4v) is 3.30. The summed E-state index contributed by atoms with van der Waals surface area (Å²) in [5.41, 5.74) is 0. The fraction of sp³-hybridized carbons (Fsp3) is 0.750. The van der Waals surface area contributed by atoms with Crippen molar-refractivity contribution in [3.05, 3.63) is 0 Å². The van der Waals surface area contributed by atoms with Crippen LogP contribution in [0.25, 0.3) is 0 Å². The molecule has 3 aliphatic rings. The predicted molar refractivity (Wildman–Crippen MR) is 91.0 cm³/mol. The summed E-state index contributed by atoms with van der Waals surface area (Å²) in [6.45, 7) is 7.34. The molecular weight excluding hydrogens is 326 g/mol. The zero-order valence-electron chi connectivity index (χ0n) is 15.1. The number of likely N-dealkylation sites (N-methyl/N-ethyl adjacent to an activating group) is 2. The summed E-state index contributed by atoms with van der Waals surface area (Å²) < 4.78 is 12.8. The van der Waals surface area contributed by atoms with Gasteiger partial charge in [0.1, 0.15) is 13.1 Å². The van der Waals surface area contributed by atoms with Crippen LogP contribution < -0.4 is 0 Å². The lowest BCUT2D eigenvalue weighted by atomic mass is 10.1. The molecule has 0 aliphatic carbocycles. The highest BCUT2D eigenvalue weighted by Crippen LogP contribution is 2.19. The van der Waals surface area contributed by atoms with Crippen molar-refractivity contribution in [2.24, 2.45) is 4.99 Å². The molecule has 3 amide bonds. The number of nitrogens with zero attached hydrogens (tertiary/aromatic N) is 5. The van der Waals surface area contributed by atoms with Gasteiger partial charge in [0, 0.05) is 33.8 Å². The quantitative estimate of drug-likeness (QED) is 0.456. The number of fused-ring (bicyclic) bond motifs is 1.